The summed E-state index contributed by atoms with van der Waals surface area (Å²) in [7, 11) is -1.94. The summed E-state index contributed by atoms with van der Waals surface area (Å²) in [6.45, 7) is 17.2. The molecule has 26 heavy (non-hydrogen) atoms. The van der Waals surface area contributed by atoms with Crippen LogP contribution in [0.4, 0.5) is 0 Å². The van der Waals surface area contributed by atoms with E-state index < -0.39 is 8.32 Å². The summed E-state index contributed by atoms with van der Waals surface area (Å²) in [5.41, 5.74) is 1.06. The van der Waals surface area contributed by atoms with Crippen molar-refractivity contribution in [2.24, 2.45) is 5.92 Å². The van der Waals surface area contributed by atoms with Gasteiger partial charge in [0, 0.05) is 12.5 Å². The summed E-state index contributed by atoms with van der Waals surface area (Å²) in [5.74, 6) is -0.228. The number of esters is 1. The Balaban J connectivity index is 5.02. The fraction of sp³-hybridized carbons (Fsp3) is 0.619. The van der Waals surface area contributed by atoms with E-state index in [1.807, 2.05) is 13.0 Å². The highest BCUT2D eigenvalue weighted by atomic mass is 28.4. The molecule has 0 aromatic rings. The van der Waals surface area contributed by atoms with Gasteiger partial charge in [-0.3, -0.25) is 0 Å². The Morgan fingerprint density at radius 2 is 1.73 bits per heavy atom. The van der Waals surface area contributed by atoms with E-state index >= 15 is 0 Å². The zero-order valence-electron chi connectivity index (χ0n) is 17.7. The van der Waals surface area contributed by atoms with Crippen LogP contribution < -0.4 is 0 Å². The van der Waals surface area contributed by atoms with E-state index in [0.717, 1.165) is 11.9 Å². The van der Waals surface area contributed by atoms with Gasteiger partial charge >= 0.3 is 5.97 Å². The van der Waals surface area contributed by atoms with E-state index in [1.165, 1.54) is 6.08 Å². The highest BCUT2D eigenvalue weighted by Crippen LogP contribution is 2.38. The van der Waals surface area contributed by atoms with Gasteiger partial charge in [0.25, 0.3) is 0 Å². The zero-order chi connectivity index (χ0) is 20.4. The van der Waals surface area contributed by atoms with Crippen LogP contribution >= 0.6 is 0 Å². The predicted octanol–water partition coefficient (Wildman–Crippen LogP) is 5.22. The van der Waals surface area contributed by atoms with Crippen molar-refractivity contribution in [3.8, 4) is 0 Å². The predicted molar refractivity (Wildman–Crippen MR) is 111 cm³/mol. The van der Waals surface area contributed by atoms with Crippen LogP contribution in [-0.2, 0) is 18.8 Å². The van der Waals surface area contributed by atoms with Crippen molar-refractivity contribution in [3.05, 3.63) is 36.0 Å². The molecule has 0 aromatic carbocycles. The van der Waals surface area contributed by atoms with E-state index in [0.29, 0.717) is 13.0 Å². The number of carbonyl (C=O) groups excluding carboxylic acids is 2. The largest absolute Gasteiger partial charge is 0.463 e. The highest BCUT2D eigenvalue weighted by molar-refractivity contribution is 6.74. The molecule has 2 atom stereocenters. The molecule has 0 radical (unpaired) electrons. The first-order valence-corrected chi connectivity index (χ1v) is 12.2. The molecule has 148 valence electrons. The quantitative estimate of drug-likeness (QED) is 0.171. The monoisotopic (exact) mass is 380 g/mol. The number of ether oxygens (including phenoxy) is 1. The number of hydrogen-bond acceptors (Lipinski definition) is 4. The normalized spacial score (nSPS) is 16.1. The maximum absolute atomic E-state index is 11.2. The molecule has 0 bridgehead atoms. The number of aldehydes is 1. The minimum Gasteiger partial charge on any atom is -0.463 e. The molecule has 0 saturated heterocycles. The fourth-order valence-corrected chi connectivity index (χ4v) is 3.55. The highest BCUT2D eigenvalue weighted by Gasteiger charge is 2.39. The Bertz CT molecular complexity index is 539. The molecule has 0 heterocycles. The minimum atomic E-state index is -1.94. The van der Waals surface area contributed by atoms with Crippen LogP contribution in [0.1, 0.15) is 48.0 Å². The third-order valence-electron chi connectivity index (χ3n) is 4.68. The second-order valence-corrected chi connectivity index (χ2v) is 12.8. The van der Waals surface area contributed by atoms with Crippen molar-refractivity contribution in [3.63, 3.8) is 0 Å². The summed E-state index contributed by atoms with van der Waals surface area (Å²) in [6.07, 6.45) is 10.1. The zero-order valence-corrected chi connectivity index (χ0v) is 18.7. The van der Waals surface area contributed by atoms with Gasteiger partial charge in [0.05, 0.1) is 12.7 Å². The average Bonchev–Trinajstić information content (AvgIpc) is 2.50. The van der Waals surface area contributed by atoms with Crippen molar-refractivity contribution in [1.82, 2.24) is 0 Å². The molecule has 0 spiro atoms. The Labute approximate surface area is 160 Å². The second-order valence-electron chi connectivity index (χ2n) is 8.06. The molecule has 0 fully saturated rings. The molecule has 0 N–H and O–H groups in total. The molecule has 0 amide bonds. The number of rotatable bonds is 10. The number of hydrogen-bond donors (Lipinski definition) is 0. The molecular weight excluding hydrogens is 344 g/mol. The van der Waals surface area contributed by atoms with E-state index in [-0.39, 0.29) is 23.0 Å². The Kier molecular flexibility index (Phi) is 10.7. The molecule has 5 heteroatoms. The lowest BCUT2D eigenvalue weighted by Crippen LogP contribution is -2.45. The molecular formula is C21H36O4Si. The van der Waals surface area contributed by atoms with Gasteiger partial charge in [-0.15, -0.1) is 0 Å². The fourth-order valence-electron chi connectivity index (χ4n) is 2.13. The van der Waals surface area contributed by atoms with Crippen LogP contribution in [0.15, 0.2) is 36.0 Å². The van der Waals surface area contributed by atoms with Crippen LogP contribution in [0.2, 0.25) is 18.1 Å². The second kappa shape index (κ2) is 11.3. The van der Waals surface area contributed by atoms with Gasteiger partial charge in [-0.2, -0.15) is 0 Å². The average molecular weight is 381 g/mol. The van der Waals surface area contributed by atoms with Gasteiger partial charge < -0.3 is 14.0 Å². The van der Waals surface area contributed by atoms with Crippen LogP contribution in [0.25, 0.3) is 0 Å². The van der Waals surface area contributed by atoms with Gasteiger partial charge in [-0.1, -0.05) is 57.6 Å². The maximum atomic E-state index is 11.2. The van der Waals surface area contributed by atoms with E-state index in [1.54, 1.807) is 19.1 Å². The topological polar surface area (TPSA) is 52.6 Å². The Morgan fingerprint density at radius 1 is 1.15 bits per heavy atom. The van der Waals surface area contributed by atoms with Crippen LogP contribution in [0.3, 0.4) is 0 Å². The molecule has 0 aliphatic carbocycles. The van der Waals surface area contributed by atoms with Gasteiger partial charge in [-0.05, 0) is 37.9 Å². The third-order valence-corrected chi connectivity index (χ3v) is 9.19. The van der Waals surface area contributed by atoms with Crippen molar-refractivity contribution < 1.29 is 18.8 Å². The lowest BCUT2D eigenvalue weighted by atomic mass is 9.99. The Morgan fingerprint density at radius 3 is 2.23 bits per heavy atom. The lowest BCUT2D eigenvalue weighted by molar-refractivity contribution is -0.137. The summed E-state index contributed by atoms with van der Waals surface area (Å²) in [4.78, 5) is 22.4. The van der Waals surface area contributed by atoms with Gasteiger partial charge in [0.15, 0.2) is 8.32 Å². The first-order valence-electron chi connectivity index (χ1n) is 9.26. The summed E-state index contributed by atoms with van der Waals surface area (Å²) in [5, 5.41) is 0.102. The minimum absolute atomic E-state index is 0.102. The third kappa shape index (κ3) is 9.29. The summed E-state index contributed by atoms with van der Waals surface area (Å²) < 4.78 is 11.3. The summed E-state index contributed by atoms with van der Waals surface area (Å²) in [6, 6.07) is 0. The van der Waals surface area contributed by atoms with Gasteiger partial charge in [0.1, 0.15) is 6.29 Å². The standard InChI is InChI=1S/C21H36O4Si/c1-9-24-20(23)13-11-10-12-17(2)16-18(3)19(14-15-22)25-26(7,8)21(4,5)6/h10-13,15-16,18-19H,9,14H2,1-8H3/t18-,19-/m0/s1. The first-order chi connectivity index (χ1) is 11.9. The maximum Gasteiger partial charge on any atom is 0.330 e. The van der Waals surface area contributed by atoms with E-state index in [2.05, 4.69) is 46.9 Å². The van der Waals surface area contributed by atoms with Crippen molar-refractivity contribution in [1.29, 1.82) is 0 Å². The molecule has 4 nitrogen and oxygen atoms in total. The molecule has 0 aliphatic heterocycles. The Hall–Kier alpha value is -1.46. The molecule has 0 unspecified atom stereocenters. The summed E-state index contributed by atoms with van der Waals surface area (Å²) >= 11 is 0. The molecule has 0 saturated carbocycles. The number of allylic oxidation sites excluding steroid dienone is 4. The molecule has 0 aromatic heterocycles. The van der Waals surface area contributed by atoms with Crippen molar-refractivity contribution in [2.45, 2.75) is 72.2 Å². The van der Waals surface area contributed by atoms with E-state index in [4.69, 9.17) is 9.16 Å². The molecule has 0 rings (SSSR count). The molecule has 0 aliphatic rings. The lowest BCUT2D eigenvalue weighted by Gasteiger charge is -2.40. The smallest absolute Gasteiger partial charge is 0.330 e. The van der Waals surface area contributed by atoms with Crippen molar-refractivity contribution in [2.75, 3.05) is 6.61 Å². The van der Waals surface area contributed by atoms with Crippen LogP contribution in [0, 0.1) is 5.92 Å². The number of carbonyl (C=O) groups is 2. The van der Waals surface area contributed by atoms with Crippen LogP contribution in [-0.4, -0.2) is 33.3 Å². The van der Waals surface area contributed by atoms with Gasteiger partial charge in [-0.25, -0.2) is 4.79 Å². The van der Waals surface area contributed by atoms with E-state index in [9.17, 15) is 9.59 Å². The first kappa shape index (κ1) is 24.5. The van der Waals surface area contributed by atoms with Crippen molar-refractivity contribution >= 4 is 20.6 Å². The van der Waals surface area contributed by atoms with Gasteiger partial charge in [0.2, 0.25) is 0 Å². The van der Waals surface area contributed by atoms with Crippen LogP contribution in [0.5, 0.6) is 0 Å². The SMILES string of the molecule is CCOC(=O)C=CC=CC(C)=C[C@H](C)[C@H](CC=O)O[Si](C)(C)C(C)(C)C.